The Balaban J connectivity index is 1.70. The van der Waals surface area contributed by atoms with E-state index in [9.17, 15) is 9.59 Å². The van der Waals surface area contributed by atoms with Crippen LogP contribution in [0.4, 0.5) is 0 Å². The van der Waals surface area contributed by atoms with Gasteiger partial charge in [-0.2, -0.15) is 5.10 Å². The molecule has 0 bridgehead atoms. The van der Waals surface area contributed by atoms with Crippen molar-refractivity contribution in [2.24, 2.45) is 0 Å². The number of ether oxygens (including phenoxy) is 1. The number of para-hydroxylation sites is 1. The van der Waals surface area contributed by atoms with Crippen LogP contribution in [0.5, 0.6) is 0 Å². The molecule has 1 aliphatic rings. The van der Waals surface area contributed by atoms with Crippen LogP contribution >= 0.6 is 0 Å². The zero-order chi connectivity index (χ0) is 14.1. The van der Waals surface area contributed by atoms with Crippen molar-refractivity contribution < 1.29 is 14.3 Å². The van der Waals surface area contributed by atoms with Crippen LogP contribution < -0.4 is 5.32 Å². The van der Waals surface area contributed by atoms with Crippen molar-refractivity contribution in [1.82, 2.24) is 15.5 Å². The summed E-state index contributed by atoms with van der Waals surface area (Å²) in [5.74, 6) is -0.860. The lowest BCUT2D eigenvalue weighted by Gasteiger charge is -2.12. The maximum atomic E-state index is 12.1. The molecule has 1 aliphatic carbocycles. The predicted octanol–water partition coefficient (Wildman–Crippen LogP) is 1.39. The van der Waals surface area contributed by atoms with E-state index in [4.69, 9.17) is 4.74 Å². The van der Waals surface area contributed by atoms with Crippen LogP contribution in [-0.2, 0) is 9.53 Å². The molecular formula is C14H15N3O3. The summed E-state index contributed by atoms with van der Waals surface area (Å²) in [4.78, 5) is 23.8. The zero-order valence-electron chi connectivity index (χ0n) is 11.1. The smallest absolute Gasteiger partial charge is 0.360 e. The highest BCUT2D eigenvalue weighted by Gasteiger charge is 2.28. The molecule has 2 N–H and O–H groups in total. The van der Waals surface area contributed by atoms with Crippen molar-refractivity contribution in [3.05, 3.63) is 30.0 Å². The molecule has 1 amide bonds. The number of benzene rings is 1. The van der Waals surface area contributed by atoms with E-state index in [-0.39, 0.29) is 17.6 Å². The fourth-order valence-corrected chi connectivity index (χ4v) is 1.94. The van der Waals surface area contributed by atoms with Gasteiger partial charge in [-0.25, -0.2) is 4.79 Å². The summed E-state index contributed by atoms with van der Waals surface area (Å²) >= 11 is 0. The SMILES string of the molecule is C[C@H](OC(=O)c1n[nH]c2ccccc12)C(=O)NC1CC1. The first-order valence-electron chi connectivity index (χ1n) is 6.59. The summed E-state index contributed by atoms with van der Waals surface area (Å²) in [6.45, 7) is 1.56. The summed E-state index contributed by atoms with van der Waals surface area (Å²) in [5.41, 5.74) is 0.959. The molecule has 1 heterocycles. The number of carbonyl (C=O) groups excluding carboxylic acids is 2. The molecule has 20 heavy (non-hydrogen) atoms. The van der Waals surface area contributed by atoms with Gasteiger partial charge < -0.3 is 10.1 Å². The summed E-state index contributed by atoms with van der Waals surface area (Å²) in [6.07, 6.45) is 1.17. The van der Waals surface area contributed by atoms with Crippen molar-refractivity contribution in [3.8, 4) is 0 Å². The van der Waals surface area contributed by atoms with Crippen molar-refractivity contribution in [2.45, 2.75) is 31.9 Å². The number of hydrogen-bond donors (Lipinski definition) is 2. The Bertz CT molecular complexity index is 660. The van der Waals surface area contributed by atoms with Crippen LogP contribution in [0, 0.1) is 0 Å². The molecule has 3 rings (SSSR count). The summed E-state index contributed by atoms with van der Waals surface area (Å²) in [7, 11) is 0. The van der Waals surface area contributed by atoms with Crippen LogP contribution in [-0.4, -0.2) is 34.2 Å². The number of aromatic amines is 1. The molecule has 1 fully saturated rings. The largest absolute Gasteiger partial charge is 0.448 e. The molecule has 1 aromatic carbocycles. The number of aromatic nitrogens is 2. The van der Waals surface area contributed by atoms with E-state index in [1.165, 1.54) is 0 Å². The fourth-order valence-electron chi connectivity index (χ4n) is 1.94. The normalized spacial score (nSPS) is 15.8. The molecule has 1 saturated carbocycles. The van der Waals surface area contributed by atoms with E-state index < -0.39 is 12.1 Å². The Kier molecular flexibility index (Phi) is 3.14. The number of amides is 1. The standard InChI is InChI=1S/C14H15N3O3/c1-8(13(18)15-9-6-7-9)20-14(19)12-10-4-2-3-5-11(10)16-17-12/h2-5,8-9H,6-7H2,1H3,(H,15,18)(H,16,17)/t8-/m0/s1. The van der Waals surface area contributed by atoms with E-state index in [1.807, 2.05) is 18.2 Å². The molecule has 1 aromatic heterocycles. The van der Waals surface area contributed by atoms with E-state index in [0.29, 0.717) is 5.39 Å². The second-order valence-electron chi connectivity index (χ2n) is 4.95. The first kappa shape index (κ1) is 12.7. The van der Waals surface area contributed by atoms with Gasteiger partial charge in [0.15, 0.2) is 11.8 Å². The minimum absolute atomic E-state index is 0.201. The van der Waals surface area contributed by atoms with E-state index >= 15 is 0 Å². The van der Waals surface area contributed by atoms with Gasteiger partial charge in [0.05, 0.1) is 5.52 Å². The van der Waals surface area contributed by atoms with Crippen LogP contribution in [0.1, 0.15) is 30.3 Å². The second-order valence-corrected chi connectivity index (χ2v) is 4.95. The van der Waals surface area contributed by atoms with Crippen LogP contribution in [0.25, 0.3) is 10.9 Å². The number of hydrogen-bond acceptors (Lipinski definition) is 4. The van der Waals surface area contributed by atoms with Gasteiger partial charge in [-0.3, -0.25) is 9.89 Å². The first-order chi connectivity index (χ1) is 9.65. The second kappa shape index (κ2) is 4.96. The van der Waals surface area contributed by atoms with Crippen LogP contribution in [0.15, 0.2) is 24.3 Å². The average Bonchev–Trinajstić information content (AvgIpc) is 3.14. The number of fused-ring (bicyclic) bond motifs is 1. The van der Waals surface area contributed by atoms with Gasteiger partial charge in [0, 0.05) is 11.4 Å². The maximum absolute atomic E-state index is 12.1. The molecule has 104 valence electrons. The van der Waals surface area contributed by atoms with Crippen molar-refractivity contribution in [2.75, 3.05) is 0 Å². The number of nitrogens with one attached hydrogen (secondary N) is 2. The number of carbonyl (C=O) groups is 2. The highest BCUT2D eigenvalue weighted by atomic mass is 16.5. The van der Waals surface area contributed by atoms with Gasteiger partial charge in [-0.1, -0.05) is 18.2 Å². The third-order valence-corrected chi connectivity index (χ3v) is 3.24. The molecule has 1 atom stereocenters. The highest BCUT2D eigenvalue weighted by Crippen LogP contribution is 2.19. The number of esters is 1. The monoisotopic (exact) mass is 273 g/mol. The van der Waals surface area contributed by atoms with Crippen molar-refractivity contribution >= 4 is 22.8 Å². The predicted molar refractivity (Wildman–Crippen MR) is 72.1 cm³/mol. The molecule has 0 unspecified atom stereocenters. The third-order valence-electron chi connectivity index (χ3n) is 3.24. The molecule has 0 aliphatic heterocycles. The molecule has 6 nitrogen and oxygen atoms in total. The molecule has 0 radical (unpaired) electrons. The van der Waals surface area contributed by atoms with E-state index in [0.717, 1.165) is 18.4 Å². The molecular weight excluding hydrogens is 258 g/mol. The van der Waals surface area contributed by atoms with Gasteiger partial charge in [-0.05, 0) is 25.8 Å². The number of rotatable bonds is 4. The average molecular weight is 273 g/mol. The minimum Gasteiger partial charge on any atom is -0.448 e. The van der Waals surface area contributed by atoms with Crippen LogP contribution in [0.2, 0.25) is 0 Å². The van der Waals surface area contributed by atoms with E-state index in [2.05, 4.69) is 15.5 Å². The van der Waals surface area contributed by atoms with Gasteiger partial charge >= 0.3 is 5.97 Å². The zero-order valence-corrected chi connectivity index (χ0v) is 11.1. The number of nitrogens with zero attached hydrogens (tertiary/aromatic N) is 1. The van der Waals surface area contributed by atoms with Crippen molar-refractivity contribution in [3.63, 3.8) is 0 Å². The Morgan fingerprint density at radius 3 is 2.90 bits per heavy atom. The lowest BCUT2D eigenvalue weighted by Crippen LogP contribution is -2.37. The minimum atomic E-state index is -0.821. The Morgan fingerprint density at radius 1 is 1.40 bits per heavy atom. The van der Waals surface area contributed by atoms with Gasteiger partial charge in [0.1, 0.15) is 0 Å². The summed E-state index contributed by atoms with van der Waals surface area (Å²) < 4.78 is 5.16. The molecule has 6 heteroatoms. The molecule has 0 saturated heterocycles. The molecule has 0 spiro atoms. The Hall–Kier alpha value is -2.37. The fraction of sp³-hybridized carbons (Fsp3) is 0.357. The lowest BCUT2D eigenvalue weighted by atomic mass is 10.2. The molecule has 2 aromatic rings. The Labute approximate surface area is 115 Å². The van der Waals surface area contributed by atoms with Crippen molar-refractivity contribution in [1.29, 1.82) is 0 Å². The third kappa shape index (κ3) is 2.49. The summed E-state index contributed by atoms with van der Waals surface area (Å²) in [5, 5.41) is 10.2. The van der Waals surface area contributed by atoms with Crippen LogP contribution in [0.3, 0.4) is 0 Å². The highest BCUT2D eigenvalue weighted by molar-refractivity contribution is 6.02. The van der Waals surface area contributed by atoms with Gasteiger partial charge in [0.2, 0.25) is 0 Å². The van der Waals surface area contributed by atoms with Gasteiger partial charge in [0.25, 0.3) is 5.91 Å². The topological polar surface area (TPSA) is 84.1 Å². The van der Waals surface area contributed by atoms with E-state index in [1.54, 1.807) is 13.0 Å². The number of H-pyrrole nitrogens is 1. The summed E-state index contributed by atoms with van der Waals surface area (Å²) in [6, 6.07) is 7.51. The Morgan fingerprint density at radius 2 is 2.15 bits per heavy atom. The van der Waals surface area contributed by atoms with Gasteiger partial charge in [-0.15, -0.1) is 0 Å². The lowest BCUT2D eigenvalue weighted by molar-refractivity contribution is -0.129. The maximum Gasteiger partial charge on any atom is 0.360 e. The first-order valence-corrected chi connectivity index (χ1v) is 6.59. The quantitative estimate of drug-likeness (QED) is 0.824.